The molecule has 0 spiro atoms. The fourth-order valence-electron chi connectivity index (χ4n) is 2.90. The highest BCUT2D eigenvalue weighted by Crippen LogP contribution is 2.25. The summed E-state index contributed by atoms with van der Waals surface area (Å²) in [5.74, 6) is -0.123. The Morgan fingerprint density at radius 1 is 1.30 bits per heavy atom. The van der Waals surface area contributed by atoms with Crippen molar-refractivity contribution < 1.29 is 9.90 Å². The number of aromatic hydroxyl groups is 1. The van der Waals surface area contributed by atoms with Crippen LogP contribution in [-0.2, 0) is 6.42 Å². The van der Waals surface area contributed by atoms with Crippen LogP contribution in [-0.4, -0.2) is 27.4 Å². The molecule has 0 aliphatic heterocycles. The van der Waals surface area contributed by atoms with Gasteiger partial charge in [0.25, 0.3) is 5.91 Å². The van der Waals surface area contributed by atoms with Crippen LogP contribution in [0, 0.1) is 13.8 Å². The van der Waals surface area contributed by atoms with Crippen LogP contribution in [0.3, 0.4) is 0 Å². The van der Waals surface area contributed by atoms with E-state index in [0.29, 0.717) is 17.1 Å². The molecule has 7 heteroatoms. The standard InChI is InChI=1S/C20H19ClN4O2/c1-11-6-14(7-12(2)18(11)26)10-23-20-17(19(22)27)16(24-25-20)9-13-4-3-5-15(21)8-13/h3-8,10,26H,9H2,1-2H3,(H2,22,27)(H,24,25). The molecular weight excluding hydrogens is 364 g/mol. The fraction of sp³-hybridized carbons (Fsp3) is 0.150. The van der Waals surface area contributed by atoms with Gasteiger partial charge in [0.15, 0.2) is 5.82 Å². The molecule has 1 amide bonds. The highest BCUT2D eigenvalue weighted by molar-refractivity contribution is 6.30. The number of nitrogens with two attached hydrogens (primary N) is 1. The molecule has 0 saturated heterocycles. The lowest BCUT2D eigenvalue weighted by atomic mass is 10.1. The zero-order chi connectivity index (χ0) is 19.6. The first-order chi connectivity index (χ1) is 12.8. The third-order valence-electron chi connectivity index (χ3n) is 4.19. The number of benzene rings is 2. The minimum atomic E-state index is -0.606. The SMILES string of the molecule is Cc1cc(C=Nc2n[nH]c(Cc3cccc(Cl)c3)c2C(N)=O)cc(C)c1O. The Bertz CT molecular complexity index is 1020. The van der Waals surface area contributed by atoms with Gasteiger partial charge in [0.05, 0.1) is 5.69 Å². The van der Waals surface area contributed by atoms with Crippen molar-refractivity contribution in [3.05, 3.63) is 74.9 Å². The molecule has 3 rings (SSSR count). The van der Waals surface area contributed by atoms with E-state index in [1.165, 1.54) is 0 Å². The van der Waals surface area contributed by atoms with Gasteiger partial charge in [0.1, 0.15) is 11.3 Å². The quantitative estimate of drug-likeness (QED) is 0.584. The minimum Gasteiger partial charge on any atom is -0.507 e. The monoisotopic (exact) mass is 382 g/mol. The van der Waals surface area contributed by atoms with Gasteiger partial charge in [-0.2, -0.15) is 5.10 Å². The Kier molecular flexibility index (Phi) is 5.28. The van der Waals surface area contributed by atoms with Crippen molar-refractivity contribution in [1.82, 2.24) is 10.2 Å². The second-order valence-corrected chi connectivity index (χ2v) is 6.77. The Morgan fingerprint density at radius 3 is 2.63 bits per heavy atom. The van der Waals surface area contributed by atoms with Crippen molar-refractivity contribution in [2.24, 2.45) is 10.7 Å². The molecule has 1 aromatic heterocycles. The molecule has 0 saturated carbocycles. The molecule has 0 fully saturated rings. The molecular formula is C20H19ClN4O2. The maximum absolute atomic E-state index is 12.0. The summed E-state index contributed by atoms with van der Waals surface area (Å²) in [7, 11) is 0. The molecule has 27 heavy (non-hydrogen) atoms. The second-order valence-electron chi connectivity index (χ2n) is 6.33. The summed E-state index contributed by atoms with van der Waals surface area (Å²) in [6, 6.07) is 10.9. The Balaban J connectivity index is 1.92. The Hall–Kier alpha value is -3.12. The lowest BCUT2D eigenvalue weighted by Crippen LogP contribution is -2.13. The predicted molar refractivity (Wildman–Crippen MR) is 106 cm³/mol. The van der Waals surface area contributed by atoms with E-state index in [-0.39, 0.29) is 17.1 Å². The van der Waals surface area contributed by atoms with Crippen LogP contribution in [0.4, 0.5) is 5.82 Å². The first-order valence-corrected chi connectivity index (χ1v) is 8.68. The number of aromatic nitrogens is 2. The highest BCUT2D eigenvalue weighted by Gasteiger charge is 2.18. The van der Waals surface area contributed by atoms with Crippen molar-refractivity contribution in [2.75, 3.05) is 0 Å². The molecule has 0 aliphatic carbocycles. The molecule has 6 nitrogen and oxygen atoms in total. The summed E-state index contributed by atoms with van der Waals surface area (Å²) in [6.45, 7) is 3.62. The van der Waals surface area contributed by atoms with Crippen LogP contribution in [0.15, 0.2) is 41.4 Å². The van der Waals surface area contributed by atoms with Crippen LogP contribution in [0.25, 0.3) is 0 Å². The van der Waals surface area contributed by atoms with Crippen molar-refractivity contribution >= 4 is 29.5 Å². The third kappa shape index (κ3) is 4.17. The lowest BCUT2D eigenvalue weighted by molar-refractivity contribution is 0.100. The maximum Gasteiger partial charge on any atom is 0.254 e. The summed E-state index contributed by atoms with van der Waals surface area (Å²) in [4.78, 5) is 16.3. The van der Waals surface area contributed by atoms with E-state index in [4.69, 9.17) is 17.3 Å². The van der Waals surface area contributed by atoms with Crippen molar-refractivity contribution in [1.29, 1.82) is 0 Å². The molecule has 0 atom stereocenters. The van der Waals surface area contributed by atoms with Gasteiger partial charge >= 0.3 is 0 Å². The van der Waals surface area contributed by atoms with E-state index in [1.807, 2.05) is 32.0 Å². The summed E-state index contributed by atoms with van der Waals surface area (Å²) in [6.07, 6.45) is 2.02. The fourth-order valence-corrected chi connectivity index (χ4v) is 3.11. The number of phenolic OH excluding ortho intramolecular Hbond substituents is 1. The van der Waals surface area contributed by atoms with Crippen molar-refractivity contribution in [3.8, 4) is 5.75 Å². The number of hydrogen-bond donors (Lipinski definition) is 3. The molecule has 0 unspecified atom stereocenters. The number of hydrogen-bond acceptors (Lipinski definition) is 4. The molecule has 0 bridgehead atoms. The summed E-state index contributed by atoms with van der Waals surface area (Å²) in [5.41, 5.74) is 9.58. The number of amides is 1. The van der Waals surface area contributed by atoms with Crippen LogP contribution >= 0.6 is 11.6 Å². The zero-order valence-electron chi connectivity index (χ0n) is 15.0. The molecule has 138 valence electrons. The lowest BCUT2D eigenvalue weighted by Gasteiger charge is -2.04. The third-order valence-corrected chi connectivity index (χ3v) is 4.42. The van der Waals surface area contributed by atoms with Gasteiger partial charge in [-0.25, -0.2) is 4.99 Å². The molecule has 0 aliphatic rings. The van der Waals surface area contributed by atoms with E-state index in [0.717, 1.165) is 22.3 Å². The number of aliphatic imine (C=N–C) groups is 1. The molecule has 3 aromatic rings. The number of carbonyl (C=O) groups is 1. The number of rotatable bonds is 5. The Morgan fingerprint density at radius 2 is 2.00 bits per heavy atom. The van der Waals surface area contributed by atoms with Gasteiger partial charge in [-0.05, 0) is 60.4 Å². The van der Waals surface area contributed by atoms with Crippen LogP contribution in [0.2, 0.25) is 5.02 Å². The second kappa shape index (κ2) is 7.63. The molecule has 1 heterocycles. The average Bonchev–Trinajstić information content (AvgIpc) is 3.00. The van der Waals surface area contributed by atoms with Gasteiger partial charge in [0.2, 0.25) is 0 Å². The largest absolute Gasteiger partial charge is 0.507 e. The van der Waals surface area contributed by atoms with Crippen LogP contribution < -0.4 is 5.73 Å². The smallest absolute Gasteiger partial charge is 0.254 e. The topological polar surface area (TPSA) is 104 Å². The number of halogens is 1. The zero-order valence-corrected chi connectivity index (χ0v) is 15.7. The average molecular weight is 383 g/mol. The van der Waals surface area contributed by atoms with Crippen molar-refractivity contribution in [3.63, 3.8) is 0 Å². The van der Waals surface area contributed by atoms with Crippen LogP contribution in [0.1, 0.15) is 38.3 Å². The molecule has 0 radical (unpaired) electrons. The number of nitrogens with zero attached hydrogens (tertiary/aromatic N) is 2. The number of primary amides is 1. The van der Waals surface area contributed by atoms with Gasteiger partial charge < -0.3 is 10.8 Å². The Labute approximate surface area is 161 Å². The number of aromatic amines is 1. The maximum atomic E-state index is 12.0. The summed E-state index contributed by atoms with van der Waals surface area (Å²) >= 11 is 6.01. The van der Waals surface area contributed by atoms with E-state index in [2.05, 4.69) is 15.2 Å². The van der Waals surface area contributed by atoms with Gasteiger partial charge in [-0.1, -0.05) is 23.7 Å². The van der Waals surface area contributed by atoms with E-state index in [1.54, 1.807) is 24.4 Å². The number of aryl methyl sites for hydroxylation is 2. The van der Waals surface area contributed by atoms with E-state index >= 15 is 0 Å². The normalized spacial score (nSPS) is 11.2. The molecule has 2 aromatic carbocycles. The van der Waals surface area contributed by atoms with Crippen LogP contribution in [0.5, 0.6) is 5.75 Å². The number of phenols is 1. The highest BCUT2D eigenvalue weighted by atomic mass is 35.5. The summed E-state index contributed by atoms with van der Waals surface area (Å²) in [5, 5.41) is 17.4. The van der Waals surface area contributed by atoms with Crippen molar-refractivity contribution in [2.45, 2.75) is 20.3 Å². The molecule has 4 N–H and O–H groups in total. The number of carbonyl (C=O) groups excluding carboxylic acids is 1. The van der Waals surface area contributed by atoms with Gasteiger partial charge in [-0.3, -0.25) is 9.89 Å². The van der Waals surface area contributed by atoms with E-state index < -0.39 is 5.91 Å². The number of nitrogens with one attached hydrogen (secondary N) is 1. The first-order valence-electron chi connectivity index (χ1n) is 8.31. The van der Waals surface area contributed by atoms with Gasteiger partial charge in [-0.15, -0.1) is 0 Å². The predicted octanol–water partition coefficient (Wildman–Crippen LogP) is 3.83. The van der Waals surface area contributed by atoms with E-state index in [9.17, 15) is 9.90 Å². The number of H-pyrrole nitrogens is 1. The van der Waals surface area contributed by atoms with Gasteiger partial charge in [0, 0.05) is 17.7 Å². The minimum absolute atomic E-state index is 0.225. The summed E-state index contributed by atoms with van der Waals surface area (Å²) < 4.78 is 0. The first kappa shape index (κ1) is 18.7.